The van der Waals surface area contributed by atoms with Crippen molar-refractivity contribution in [2.45, 2.75) is 26.3 Å². The number of aryl methyl sites for hydroxylation is 1. The normalized spacial score (nSPS) is 12.1. The van der Waals surface area contributed by atoms with Gasteiger partial charge in [0.05, 0.1) is 11.1 Å². The predicted octanol–water partition coefficient (Wildman–Crippen LogP) is 1.10. The third-order valence-corrected chi connectivity index (χ3v) is 2.43. The fraction of sp³-hybridized carbons (Fsp3) is 0.400. The lowest BCUT2D eigenvalue weighted by molar-refractivity contribution is -0.385. The van der Waals surface area contributed by atoms with Gasteiger partial charge in [-0.2, -0.15) is 0 Å². The van der Waals surface area contributed by atoms with E-state index in [1.165, 1.54) is 6.92 Å². The molecule has 17 heavy (non-hydrogen) atoms. The zero-order chi connectivity index (χ0) is 13.2. The van der Waals surface area contributed by atoms with Crippen molar-refractivity contribution >= 4 is 11.7 Å². The number of rotatable bonds is 4. The van der Waals surface area contributed by atoms with Gasteiger partial charge >= 0.3 is 5.97 Å². The summed E-state index contributed by atoms with van der Waals surface area (Å²) in [6.07, 6.45) is 1.15. The molecule has 1 N–H and O–H groups in total. The zero-order valence-corrected chi connectivity index (χ0v) is 9.41. The van der Waals surface area contributed by atoms with Crippen LogP contribution < -0.4 is 5.56 Å². The summed E-state index contributed by atoms with van der Waals surface area (Å²) in [6.45, 7) is 3.01. The Hall–Kier alpha value is -2.18. The first-order chi connectivity index (χ1) is 7.88. The number of aliphatic carboxylic acids is 1. The molecule has 0 spiro atoms. The van der Waals surface area contributed by atoms with E-state index < -0.39 is 22.5 Å². The Balaban J connectivity index is 3.46. The second kappa shape index (κ2) is 4.77. The van der Waals surface area contributed by atoms with E-state index in [4.69, 9.17) is 5.11 Å². The van der Waals surface area contributed by atoms with Crippen LogP contribution in [0.5, 0.6) is 0 Å². The van der Waals surface area contributed by atoms with E-state index in [0.29, 0.717) is 0 Å². The summed E-state index contributed by atoms with van der Waals surface area (Å²) < 4.78 is 0.899. The Bertz CT molecular complexity index is 520. The zero-order valence-electron chi connectivity index (χ0n) is 9.41. The van der Waals surface area contributed by atoms with Crippen molar-refractivity contribution in [3.8, 4) is 0 Å². The lowest BCUT2D eigenvalue weighted by Crippen LogP contribution is -2.30. The average Bonchev–Trinajstić information content (AvgIpc) is 2.24. The van der Waals surface area contributed by atoms with Gasteiger partial charge in [-0.15, -0.1) is 0 Å². The average molecular weight is 240 g/mol. The molecule has 0 aliphatic rings. The SMILES string of the molecule is CCC(C(=O)O)n1cc([N+](=O)[O-])cc(C)c1=O. The first kappa shape index (κ1) is 12.9. The van der Waals surface area contributed by atoms with E-state index in [1.807, 2.05) is 0 Å². The highest BCUT2D eigenvalue weighted by Gasteiger charge is 2.22. The number of nitrogens with zero attached hydrogens (tertiary/aromatic N) is 2. The standard InChI is InChI=1S/C10H12N2O5/c1-3-8(10(14)15)11-5-7(12(16)17)4-6(2)9(11)13/h4-5,8H,3H2,1-2H3,(H,14,15). The molecule has 0 aromatic carbocycles. The van der Waals surface area contributed by atoms with Crippen LogP contribution in [0.3, 0.4) is 0 Å². The highest BCUT2D eigenvalue weighted by atomic mass is 16.6. The Labute approximate surface area is 96.5 Å². The fourth-order valence-electron chi connectivity index (χ4n) is 1.55. The monoisotopic (exact) mass is 240 g/mol. The molecule has 1 atom stereocenters. The van der Waals surface area contributed by atoms with Gasteiger partial charge in [0.25, 0.3) is 11.2 Å². The van der Waals surface area contributed by atoms with Crippen LogP contribution in [0.15, 0.2) is 17.1 Å². The van der Waals surface area contributed by atoms with Crippen molar-refractivity contribution in [2.24, 2.45) is 0 Å². The molecule has 7 nitrogen and oxygen atoms in total. The van der Waals surface area contributed by atoms with E-state index in [2.05, 4.69) is 0 Å². The molecular formula is C10H12N2O5. The lowest BCUT2D eigenvalue weighted by Gasteiger charge is -2.13. The van der Waals surface area contributed by atoms with E-state index in [9.17, 15) is 19.7 Å². The van der Waals surface area contributed by atoms with E-state index in [0.717, 1.165) is 16.8 Å². The topological polar surface area (TPSA) is 102 Å². The minimum absolute atomic E-state index is 0.152. The maximum atomic E-state index is 11.7. The summed E-state index contributed by atoms with van der Waals surface area (Å²) in [5.74, 6) is -1.19. The van der Waals surface area contributed by atoms with E-state index in [-0.39, 0.29) is 17.7 Å². The van der Waals surface area contributed by atoms with Gasteiger partial charge in [-0.3, -0.25) is 19.5 Å². The van der Waals surface area contributed by atoms with E-state index in [1.54, 1.807) is 6.92 Å². The van der Waals surface area contributed by atoms with Gasteiger partial charge in [-0.05, 0) is 13.3 Å². The highest BCUT2D eigenvalue weighted by molar-refractivity contribution is 5.71. The van der Waals surface area contributed by atoms with Crippen LogP contribution >= 0.6 is 0 Å². The second-order valence-electron chi connectivity index (χ2n) is 3.61. The fourth-order valence-corrected chi connectivity index (χ4v) is 1.55. The first-order valence-electron chi connectivity index (χ1n) is 4.98. The molecule has 1 aromatic heterocycles. The molecule has 92 valence electrons. The van der Waals surface area contributed by atoms with Crippen LogP contribution in [0.1, 0.15) is 24.9 Å². The van der Waals surface area contributed by atoms with Crippen molar-refractivity contribution in [2.75, 3.05) is 0 Å². The molecule has 1 rings (SSSR count). The molecule has 0 saturated carbocycles. The number of aromatic nitrogens is 1. The van der Waals surface area contributed by atoms with Gasteiger partial charge < -0.3 is 5.11 Å². The maximum absolute atomic E-state index is 11.7. The van der Waals surface area contributed by atoms with Gasteiger partial charge in [0.1, 0.15) is 6.04 Å². The minimum atomic E-state index is -1.19. The molecule has 0 fully saturated rings. The molecule has 0 aliphatic carbocycles. The van der Waals surface area contributed by atoms with Gasteiger partial charge in [0.15, 0.2) is 0 Å². The van der Waals surface area contributed by atoms with Crippen molar-refractivity contribution < 1.29 is 14.8 Å². The highest BCUT2D eigenvalue weighted by Crippen LogP contribution is 2.15. The Morgan fingerprint density at radius 1 is 1.65 bits per heavy atom. The molecule has 1 heterocycles. The summed E-state index contributed by atoms with van der Waals surface area (Å²) in [6, 6.07) is 0.0500. The number of carboxylic acids is 1. The second-order valence-corrected chi connectivity index (χ2v) is 3.61. The largest absolute Gasteiger partial charge is 0.480 e. The van der Waals surface area contributed by atoms with Crippen molar-refractivity contribution in [3.05, 3.63) is 38.3 Å². The van der Waals surface area contributed by atoms with Gasteiger partial charge in [-0.1, -0.05) is 6.92 Å². The molecule has 7 heteroatoms. The van der Waals surface area contributed by atoms with Gasteiger partial charge in [0, 0.05) is 11.6 Å². The number of nitro groups is 1. The molecule has 0 radical (unpaired) electrons. The Kier molecular flexibility index (Phi) is 3.62. The van der Waals surface area contributed by atoms with Crippen molar-refractivity contribution in [3.63, 3.8) is 0 Å². The van der Waals surface area contributed by atoms with Crippen molar-refractivity contribution in [1.82, 2.24) is 4.57 Å². The molecule has 1 aromatic rings. The summed E-state index contributed by atoms with van der Waals surface area (Å²) in [5.41, 5.74) is -0.662. The maximum Gasteiger partial charge on any atom is 0.326 e. The number of carboxylic acid groups (broad SMARTS) is 1. The van der Waals surface area contributed by atoms with Crippen LogP contribution in [0.4, 0.5) is 5.69 Å². The molecule has 1 unspecified atom stereocenters. The van der Waals surface area contributed by atoms with Crippen LogP contribution in [0.2, 0.25) is 0 Å². The quantitative estimate of drug-likeness (QED) is 0.627. The summed E-state index contributed by atoms with van der Waals surface area (Å²) in [5, 5.41) is 19.6. The number of carbonyl (C=O) groups is 1. The van der Waals surface area contributed by atoms with Gasteiger partial charge in [-0.25, -0.2) is 4.79 Å². The summed E-state index contributed by atoms with van der Waals surface area (Å²) in [7, 11) is 0. The summed E-state index contributed by atoms with van der Waals surface area (Å²) in [4.78, 5) is 32.7. The molecule has 0 amide bonds. The lowest BCUT2D eigenvalue weighted by atomic mass is 10.2. The van der Waals surface area contributed by atoms with Crippen LogP contribution in [-0.2, 0) is 4.79 Å². The van der Waals surface area contributed by atoms with Crippen LogP contribution in [0, 0.1) is 17.0 Å². The number of pyridine rings is 1. The van der Waals surface area contributed by atoms with Crippen molar-refractivity contribution in [1.29, 1.82) is 0 Å². The summed E-state index contributed by atoms with van der Waals surface area (Å²) >= 11 is 0. The molecule has 0 aliphatic heterocycles. The predicted molar refractivity (Wildman–Crippen MR) is 59.1 cm³/mol. The van der Waals surface area contributed by atoms with E-state index >= 15 is 0 Å². The molecule has 0 bridgehead atoms. The first-order valence-corrected chi connectivity index (χ1v) is 4.98. The third kappa shape index (κ3) is 2.49. The molecular weight excluding hydrogens is 228 g/mol. The number of hydrogen-bond acceptors (Lipinski definition) is 4. The smallest absolute Gasteiger partial charge is 0.326 e. The minimum Gasteiger partial charge on any atom is -0.480 e. The Morgan fingerprint density at radius 3 is 2.65 bits per heavy atom. The molecule has 0 saturated heterocycles. The third-order valence-electron chi connectivity index (χ3n) is 2.43. The van der Waals surface area contributed by atoms with Crippen LogP contribution in [-0.4, -0.2) is 20.6 Å². The Morgan fingerprint density at radius 2 is 2.24 bits per heavy atom. The van der Waals surface area contributed by atoms with Gasteiger partial charge in [0.2, 0.25) is 0 Å². The van der Waals surface area contributed by atoms with Crippen LogP contribution in [0.25, 0.3) is 0 Å². The number of hydrogen-bond donors (Lipinski definition) is 1.